The first-order chi connectivity index (χ1) is 10.8. The number of hydrogen-bond donors (Lipinski definition) is 0. The first kappa shape index (κ1) is 17.1. The number of alkyl halides is 3. The first-order valence-corrected chi connectivity index (χ1v) is 8.69. The van der Waals surface area contributed by atoms with Gasteiger partial charge in [-0.1, -0.05) is 0 Å². The Labute approximate surface area is 135 Å². The van der Waals surface area contributed by atoms with E-state index in [4.69, 9.17) is 4.74 Å². The highest BCUT2D eigenvalue weighted by molar-refractivity contribution is 5.74. The number of ether oxygens (including phenoxy) is 1. The Hall–Kier alpha value is -0.780. The van der Waals surface area contributed by atoms with Gasteiger partial charge in [-0.25, -0.2) is 0 Å². The van der Waals surface area contributed by atoms with Gasteiger partial charge in [0, 0.05) is 12.1 Å². The van der Waals surface area contributed by atoms with Gasteiger partial charge in [0.2, 0.25) is 0 Å². The molecule has 2 unspecified atom stereocenters. The summed E-state index contributed by atoms with van der Waals surface area (Å²) in [6, 6.07) is 0.679. The smallest absolute Gasteiger partial charge is 0.391 e. The van der Waals surface area contributed by atoms with Gasteiger partial charge in [0.1, 0.15) is 0 Å². The number of carbonyl (C=O) groups is 1. The third kappa shape index (κ3) is 3.11. The lowest BCUT2D eigenvalue weighted by molar-refractivity contribution is -0.186. The lowest BCUT2D eigenvalue weighted by Crippen LogP contribution is -2.52. The van der Waals surface area contributed by atoms with Crippen molar-refractivity contribution in [2.75, 3.05) is 14.2 Å². The Morgan fingerprint density at radius 2 is 1.74 bits per heavy atom. The Balaban J connectivity index is 1.72. The summed E-state index contributed by atoms with van der Waals surface area (Å²) in [6.45, 7) is 0. The van der Waals surface area contributed by atoms with E-state index in [1.54, 1.807) is 0 Å². The maximum Gasteiger partial charge on any atom is 0.391 e. The van der Waals surface area contributed by atoms with Crippen molar-refractivity contribution in [3.63, 3.8) is 0 Å². The molecule has 0 amide bonds. The van der Waals surface area contributed by atoms with Crippen molar-refractivity contribution in [2.24, 2.45) is 23.7 Å². The van der Waals surface area contributed by atoms with E-state index in [0.717, 1.165) is 19.3 Å². The maximum atomic E-state index is 12.9. The average molecular weight is 333 g/mol. The van der Waals surface area contributed by atoms with Crippen LogP contribution in [0.5, 0.6) is 0 Å². The first-order valence-electron chi connectivity index (χ1n) is 8.69. The van der Waals surface area contributed by atoms with Gasteiger partial charge in [-0.05, 0) is 63.8 Å². The van der Waals surface area contributed by atoms with Crippen LogP contribution in [0.15, 0.2) is 0 Å². The Morgan fingerprint density at radius 3 is 2.30 bits per heavy atom. The number of hydrogen-bond acceptors (Lipinski definition) is 3. The maximum absolute atomic E-state index is 12.9. The van der Waals surface area contributed by atoms with Gasteiger partial charge in [0.25, 0.3) is 0 Å². The molecule has 132 valence electrons. The standard InChI is InChI=1S/C17H26F3NO2/c1-21-12-7-8-14(21)15(16(22)23-2)13(9-12)10-3-5-11(6-4-10)17(18,19)20/h10-15H,3-9H2,1-2H3/t10?,11?,12-,13-,14?,15?/m1/s1. The minimum atomic E-state index is -4.07. The van der Waals surface area contributed by atoms with Crippen LogP contribution in [-0.2, 0) is 9.53 Å². The molecule has 6 heteroatoms. The van der Waals surface area contributed by atoms with Crippen molar-refractivity contribution in [1.82, 2.24) is 4.90 Å². The molecule has 0 aromatic carbocycles. The fourth-order valence-electron chi connectivity index (χ4n) is 5.33. The van der Waals surface area contributed by atoms with Crippen molar-refractivity contribution >= 4 is 5.97 Å². The normalized spacial score (nSPS) is 41.8. The molecule has 2 saturated heterocycles. The molecule has 1 saturated carbocycles. The molecule has 2 bridgehead atoms. The Bertz CT molecular complexity index is 446. The van der Waals surface area contributed by atoms with Crippen LogP contribution in [0.3, 0.4) is 0 Å². The molecular weight excluding hydrogens is 307 g/mol. The average Bonchev–Trinajstić information content (AvgIpc) is 2.75. The molecule has 3 rings (SSSR count). The van der Waals surface area contributed by atoms with E-state index in [2.05, 4.69) is 11.9 Å². The number of nitrogens with zero attached hydrogens (tertiary/aromatic N) is 1. The summed E-state index contributed by atoms with van der Waals surface area (Å²) < 4.78 is 43.7. The molecule has 0 aromatic rings. The molecule has 3 nitrogen and oxygen atoms in total. The Morgan fingerprint density at radius 1 is 1.09 bits per heavy atom. The van der Waals surface area contributed by atoms with Crippen LogP contribution in [0.4, 0.5) is 13.2 Å². The molecule has 0 aromatic heterocycles. The summed E-state index contributed by atoms with van der Waals surface area (Å²) in [7, 11) is 3.48. The van der Waals surface area contributed by atoms with Crippen LogP contribution < -0.4 is 0 Å². The molecule has 2 aliphatic heterocycles. The number of methoxy groups -OCH3 is 1. The summed E-state index contributed by atoms with van der Waals surface area (Å²) >= 11 is 0. The molecule has 0 radical (unpaired) electrons. The van der Waals surface area contributed by atoms with Crippen LogP contribution in [0.25, 0.3) is 0 Å². The number of halogens is 3. The summed E-state index contributed by atoms with van der Waals surface area (Å²) in [5, 5.41) is 0. The van der Waals surface area contributed by atoms with E-state index >= 15 is 0 Å². The number of rotatable bonds is 2. The molecule has 4 atom stereocenters. The predicted molar refractivity (Wildman–Crippen MR) is 79.7 cm³/mol. The minimum absolute atomic E-state index is 0.170. The highest BCUT2D eigenvalue weighted by atomic mass is 19.4. The topological polar surface area (TPSA) is 29.5 Å². The van der Waals surface area contributed by atoms with E-state index < -0.39 is 12.1 Å². The summed E-state index contributed by atoms with van der Waals surface area (Å²) in [5.74, 6) is -1.08. The van der Waals surface area contributed by atoms with Gasteiger partial charge in [-0.15, -0.1) is 0 Å². The van der Waals surface area contributed by atoms with E-state index in [9.17, 15) is 18.0 Å². The van der Waals surface area contributed by atoms with Crippen molar-refractivity contribution in [1.29, 1.82) is 0 Å². The summed E-state index contributed by atoms with van der Waals surface area (Å²) in [6.07, 6.45) is 0.537. The van der Waals surface area contributed by atoms with E-state index in [0.29, 0.717) is 18.9 Å². The lowest BCUT2D eigenvalue weighted by atomic mass is 9.67. The molecule has 3 fully saturated rings. The number of piperidine rings is 1. The molecule has 3 aliphatic rings. The molecule has 0 spiro atoms. The van der Waals surface area contributed by atoms with Gasteiger partial charge in [-0.3, -0.25) is 9.69 Å². The third-order valence-electron chi connectivity index (χ3n) is 6.63. The molecule has 1 aliphatic carbocycles. The highest BCUT2D eigenvalue weighted by Gasteiger charge is 2.52. The number of fused-ring (bicyclic) bond motifs is 2. The number of carbonyl (C=O) groups excluding carboxylic acids is 1. The zero-order valence-corrected chi connectivity index (χ0v) is 13.8. The van der Waals surface area contributed by atoms with E-state index in [1.165, 1.54) is 7.11 Å². The molecular formula is C17H26F3NO2. The van der Waals surface area contributed by atoms with E-state index in [-0.39, 0.29) is 42.6 Å². The highest BCUT2D eigenvalue weighted by Crippen LogP contribution is 2.50. The molecule has 0 N–H and O–H groups in total. The number of esters is 1. The van der Waals surface area contributed by atoms with Gasteiger partial charge in [-0.2, -0.15) is 13.2 Å². The van der Waals surface area contributed by atoms with E-state index in [1.807, 2.05) is 0 Å². The molecule has 2 heterocycles. The van der Waals surface area contributed by atoms with Crippen LogP contribution in [0.1, 0.15) is 44.9 Å². The fourth-order valence-corrected chi connectivity index (χ4v) is 5.33. The summed E-state index contributed by atoms with van der Waals surface area (Å²) in [4.78, 5) is 14.6. The van der Waals surface area contributed by atoms with Crippen molar-refractivity contribution < 1.29 is 22.7 Å². The zero-order chi connectivity index (χ0) is 16.8. The largest absolute Gasteiger partial charge is 0.469 e. The predicted octanol–water partition coefficient (Wildman–Crippen LogP) is 3.63. The van der Waals surface area contributed by atoms with Crippen LogP contribution >= 0.6 is 0 Å². The van der Waals surface area contributed by atoms with Crippen molar-refractivity contribution in [3.05, 3.63) is 0 Å². The van der Waals surface area contributed by atoms with Crippen molar-refractivity contribution in [2.45, 2.75) is 63.2 Å². The van der Waals surface area contributed by atoms with Crippen LogP contribution in [-0.4, -0.2) is 43.3 Å². The van der Waals surface area contributed by atoms with Crippen molar-refractivity contribution in [3.8, 4) is 0 Å². The van der Waals surface area contributed by atoms with Gasteiger partial charge in [0.15, 0.2) is 0 Å². The second-order valence-electron chi connectivity index (χ2n) is 7.57. The van der Waals surface area contributed by atoms with Crippen LogP contribution in [0, 0.1) is 23.7 Å². The third-order valence-corrected chi connectivity index (χ3v) is 6.63. The van der Waals surface area contributed by atoms with Gasteiger partial charge >= 0.3 is 12.1 Å². The van der Waals surface area contributed by atoms with Crippen LogP contribution in [0.2, 0.25) is 0 Å². The lowest BCUT2D eigenvalue weighted by Gasteiger charge is -2.46. The zero-order valence-electron chi connectivity index (χ0n) is 13.8. The Kier molecular flexibility index (Phi) is 4.64. The minimum Gasteiger partial charge on any atom is -0.469 e. The summed E-state index contributed by atoms with van der Waals surface area (Å²) in [5.41, 5.74) is 0. The second-order valence-corrected chi connectivity index (χ2v) is 7.57. The quantitative estimate of drug-likeness (QED) is 0.723. The van der Waals surface area contributed by atoms with Gasteiger partial charge in [0.05, 0.1) is 18.9 Å². The second kappa shape index (κ2) is 6.26. The van der Waals surface area contributed by atoms with Gasteiger partial charge < -0.3 is 4.74 Å². The molecule has 23 heavy (non-hydrogen) atoms. The monoisotopic (exact) mass is 333 g/mol. The SMILES string of the molecule is COC(=O)C1C2CC[C@H](C[C@@H]1C1CCC(C(F)(F)F)CC1)N2C. The fraction of sp³-hybridized carbons (Fsp3) is 0.941.